The lowest BCUT2D eigenvalue weighted by atomic mass is 9.92. The second-order valence-electron chi connectivity index (χ2n) is 5.84. The van der Waals surface area contributed by atoms with Crippen LogP contribution in [0, 0.1) is 5.92 Å². The van der Waals surface area contributed by atoms with Gasteiger partial charge in [-0.2, -0.15) is 0 Å². The molecule has 3 nitrogen and oxygen atoms in total. The Kier molecular flexibility index (Phi) is 2.75. The van der Waals surface area contributed by atoms with E-state index < -0.39 is 0 Å². The lowest BCUT2D eigenvalue weighted by Crippen LogP contribution is -2.42. The Morgan fingerprint density at radius 3 is 2.20 bits per heavy atom. The van der Waals surface area contributed by atoms with E-state index in [2.05, 4.69) is 5.32 Å². The van der Waals surface area contributed by atoms with Crippen molar-refractivity contribution in [1.82, 2.24) is 5.32 Å². The van der Waals surface area contributed by atoms with Crippen LogP contribution >= 0.6 is 0 Å². The summed E-state index contributed by atoms with van der Waals surface area (Å²) in [6.07, 6.45) is 4.38. The van der Waals surface area contributed by atoms with E-state index in [-0.39, 0.29) is 17.5 Å². The van der Waals surface area contributed by atoms with Crippen LogP contribution in [0.2, 0.25) is 0 Å². The molecule has 0 aromatic rings. The third-order valence-electron chi connectivity index (χ3n) is 3.21. The predicted octanol–water partition coefficient (Wildman–Crippen LogP) is 1.86. The summed E-state index contributed by atoms with van der Waals surface area (Å²) in [4.78, 5) is 11.9. The molecule has 2 aliphatic rings. The highest BCUT2D eigenvalue weighted by molar-refractivity contribution is 5.73. The van der Waals surface area contributed by atoms with Crippen LogP contribution in [0.4, 0.5) is 0 Å². The van der Waals surface area contributed by atoms with Crippen molar-refractivity contribution >= 4 is 5.97 Å². The first kappa shape index (κ1) is 10.9. The molecule has 0 aromatic carbocycles. The van der Waals surface area contributed by atoms with Crippen LogP contribution in [-0.4, -0.2) is 23.7 Å². The Bertz CT molecular complexity index is 245. The molecule has 15 heavy (non-hydrogen) atoms. The maximum Gasteiger partial charge on any atom is 0.309 e. The maximum absolute atomic E-state index is 11.9. The normalized spacial score (nSPS) is 35.3. The molecule has 0 spiro atoms. The van der Waals surface area contributed by atoms with Crippen LogP contribution in [0.5, 0.6) is 0 Å². The fourth-order valence-electron chi connectivity index (χ4n) is 2.63. The zero-order valence-electron chi connectivity index (χ0n) is 9.88. The second-order valence-corrected chi connectivity index (χ2v) is 5.84. The van der Waals surface area contributed by atoms with Gasteiger partial charge >= 0.3 is 5.97 Å². The molecule has 2 heterocycles. The number of nitrogens with one attached hydrogen (secondary N) is 1. The van der Waals surface area contributed by atoms with E-state index in [0.29, 0.717) is 12.1 Å². The number of carbonyl (C=O) groups excluding carboxylic acids is 1. The first-order chi connectivity index (χ1) is 6.94. The number of piperidine rings is 1. The molecule has 0 aromatic heterocycles. The van der Waals surface area contributed by atoms with Gasteiger partial charge in [0.25, 0.3) is 0 Å². The van der Waals surface area contributed by atoms with E-state index in [1.54, 1.807) is 0 Å². The predicted molar refractivity (Wildman–Crippen MR) is 58.5 cm³/mol. The van der Waals surface area contributed by atoms with Crippen LogP contribution < -0.4 is 5.32 Å². The fourth-order valence-corrected chi connectivity index (χ4v) is 2.63. The van der Waals surface area contributed by atoms with Gasteiger partial charge in [-0.3, -0.25) is 4.79 Å². The molecule has 1 N–H and O–H groups in total. The van der Waals surface area contributed by atoms with E-state index in [0.717, 1.165) is 12.8 Å². The molecule has 3 heteroatoms. The summed E-state index contributed by atoms with van der Waals surface area (Å²) in [6.45, 7) is 5.79. The minimum absolute atomic E-state index is 0.000833. The minimum Gasteiger partial charge on any atom is -0.460 e. The van der Waals surface area contributed by atoms with E-state index in [1.807, 2.05) is 20.8 Å². The highest BCUT2D eigenvalue weighted by Gasteiger charge is 2.38. The average Bonchev–Trinajstić information content (AvgIpc) is 2.42. The molecule has 2 aliphatic heterocycles. The summed E-state index contributed by atoms with van der Waals surface area (Å²) < 4.78 is 5.43. The summed E-state index contributed by atoms with van der Waals surface area (Å²) in [7, 11) is 0. The van der Waals surface area contributed by atoms with Gasteiger partial charge in [-0.15, -0.1) is 0 Å². The van der Waals surface area contributed by atoms with Crippen molar-refractivity contribution in [1.29, 1.82) is 0 Å². The lowest BCUT2D eigenvalue weighted by molar-refractivity contribution is -0.161. The Labute approximate surface area is 91.6 Å². The van der Waals surface area contributed by atoms with Gasteiger partial charge in [0.15, 0.2) is 0 Å². The number of fused-ring (bicyclic) bond motifs is 2. The number of carbonyl (C=O) groups is 1. The minimum atomic E-state index is -0.346. The van der Waals surface area contributed by atoms with E-state index >= 15 is 0 Å². The number of hydrogen-bond donors (Lipinski definition) is 1. The van der Waals surface area contributed by atoms with Gasteiger partial charge < -0.3 is 10.1 Å². The van der Waals surface area contributed by atoms with Crippen LogP contribution in [-0.2, 0) is 9.53 Å². The van der Waals surface area contributed by atoms with Crippen LogP contribution in [0.15, 0.2) is 0 Å². The quantitative estimate of drug-likeness (QED) is 0.673. The number of rotatable bonds is 1. The van der Waals surface area contributed by atoms with Crippen molar-refractivity contribution in [3.8, 4) is 0 Å². The molecule has 0 radical (unpaired) electrons. The highest BCUT2D eigenvalue weighted by atomic mass is 16.6. The molecular weight excluding hydrogens is 190 g/mol. The largest absolute Gasteiger partial charge is 0.460 e. The molecule has 2 rings (SSSR count). The van der Waals surface area contributed by atoms with Gasteiger partial charge in [-0.05, 0) is 46.5 Å². The summed E-state index contributed by atoms with van der Waals surface area (Å²) in [5.74, 6) is 0.129. The lowest BCUT2D eigenvalue weighted by Gasteiger charge is -2.30. The molecule has 0 amide bonds. The molecule has 2 atom stereocenters. The van der Waals surface area contributed by atoms with Gasteiger partial charge in [-0.1, -0.05) is 0 Å². The zero-order chi connectivity index (χ0) is 11.1. The van der Waals surface area contributed by atoms with Crippen molar-refractivity contribution in [3.63, 3.8) is 0 Å². The van der Waals surface area contributed by atoms with Crippen LogP contribution in [0.25, 0.3) is 0 Å². The van der Waals surface area contributed by atoms with Crippen molar-refractivity contribution in [2.45, 2.75) is 64.1 Å². The smallest absolute Gasteiger partial charge is 0.309 e. The van der Waals surface area contributed by atoms with Gasteiger partial charge in [0.1, 0.15) is 5.60 Å². The van der Waals surface area contributed by atoms with E-state index in [1.165, 1.54) is 12.8 Å². The summed E-state index contributed by atoms with van der Waals surface area (Å²) >= 11 is 0. The third kappa shape index (κ3) is 2.71. The molecule has 86 valence electrons. The van der Waals surface area contributed by atoms with Gasteiger partial charge in [0, 0.05) is 12.1 Å². The Morgan fingerprint density at radius 1 is 1.20 bits per heavy atom. The van der Waals surface area contributed by atoms with Gasteiger partial charge in [-0.25, -0.2) is 0 Å². The van der Waals surface area contributed by atoms with Gasteiger partial charge in [0.05, 0.1) is 5.92 Å². The van der Waals surface area contributed by atoms with Crippen LogP contribution in [0.1, 0.15) is 46.5 Å². The van der Waals surface area contributed by atoms with Crippen molar-refractivity contribution in [2.75, 3.05) is 0 Å². The Morgan fingerprint density at radius 2 is 1.73 bits per heavy atom. The monoisotopic (exact) mass is 211 g/mol. The summed E-state index contributed by atoms with van der Waals surface area (Å²) in [6, 6.07) is 1.11. The second kappa shape index (κ2) is 3.78. The molecule has 0 aliphatic carbocycles. The summed E-state index contributed by atoms with van der Waals surface area (Å²) in [5.41, 5.74) is -0.346. The first-order valence-electron chi connectivity index (χ1n) is 5.93. The number of ether oxygens (including phenoxy) is 1. The Hall–Kier alpha value is -0.570. The van der Waals surface area contributed by atoms with Gasteiger partial charge in [0.2, 0.25) is 0 Å². The number of hydrogen-bond acceptors (Lipinski definition) is 3. The molecule has 2 fully saturated rings. The summed E-state index contributed by atoms with van der Waals surface area (Å²) in [5, 5.41) is 3.53. The molecule has 0 saturated carbocycles. The standard InChI is InChI=1S/C12H21NO2/c1-12(2,3)15-11(14)8-6-9-4-5-10(7-8)13-9/h8-10,13H,4-7H2,1-3H3. The number of esters is 1. The van der Waals surface area contributed by atoms with E-state index in [9.17, 15) is 4.79 Å². The third-order valence-corrected chi connectivity index (χ3v) is 3.21. The molecule has 2 unspecified atom stereocenters. The molecular formula is C12H21NO2. The van der Waals surface area contributed by atoms with Crippen molar-refractivity contribution < 1.29 is 9.53 Å². The van der Waals surface area contributed by atoms with Crippen LogP contribution in [0.3, 0.4) is 0 Å². The topological polar surface area (TPSA) is 38.3 Å². The molecule has 2 bridgehead atoms. The zero-order valence-corrected chi connectivity index (χ0v) is 9.88. The maximum atomic E-state index is 11.9. The average molecular weight is 211 g/mol. The van der Waals surface area contributed by atoms with Crippen molar-refractivity contribution in [2.24, 2.45) is 5.92 Å². The Balaban J connectivity index is 1.91. The van der Waals surface area contributed by atoms with E-state index in [4.69, 9.17) is 4.74 Å². The molecule has 2 saturated heterocycles. The first-order valence-corrected chi connectivity index (χ1v) is 5.93. The van der Waals surface area contributed by atoms with Crippen molar-refractivity contribution in [3.05, 3.63) is 0 Å². The highest BCUT2D eigenvalue weighted by Crippen LogP contribution is 2.32. The fraction of sp³-hybridized carbons (Fsp3) is 0.917. The SMILES string of the molecule is CC(C)(C)OC(=O)C1CC2CCC(C1)N2.